The van der Waals surface area contributed by atoms with E-state index in [2.05, 4.69) is 61.8 Å². The first-order valence-electron chi connectivity index (χ1n) is 10.6. The first-order chi connectivity index (χ1) is 14.1. The molecule has 0 bridgehead atoms. The number of nitrogens with zero attached hydrogens (tertiary/aromatic N) is 3. The molecule has 0 aliphatic carbocycles. The maximum absolute atomic E-state index is 10.8. The highest BCUT2D eigenvalue weighted by Crippen LogP contribution is 2.18. The van der Waals surface area contributed by atoms with Crippen molar-refractivity contribution in [2.75, 3.05) is 63.9 Å². The Morgan fingerprint density at radius 3 is 2.48 bits per heavy atom. The van der Waals surface area contributed by atoms with Gasteiger partial charge in [-0.1, -0.05) is 24.3 Å². The van der Waals surface area contributed by atoms with Gasteiger partial charge in [0, 0.05) is 51.5 Å². The predicted molar refractivity (Wildman–Crippen MR) is 118 cm³/mol. The topological polar surface area (TPSA) is 72.4 Å². The minimum atomic E-state index is -0.834. The number of hydrogen-bond donors (Lipinski definition) is 3. The molecular weight excluding hydrogens is 366 g/mol. The summed E-state index contributed by atoms with van der Waals surface area (Å²) in [5.41, 5.74) is 1.57. The summed E-state index contributed by atoms with van der Waals surface area (Å²) >= 11 is 0. The van der Waals surface area contributed by atoms with Crippen LogP contribution >= 0.6 is 0 Å². The van der Waals surface area contributed by atoms with E-state index in [1.54, 1.807) is 0 Å². The number of rotatable bonds is 8. The van der Waals surface area contributed by atoms with E-state index in [9.17, 15) is 5.11 Å². The molecule has 1 saturated heterocycles. The first-order valence-corrected chi connectivity index (χ1v) is 10.6. The van der Waals surface area contributed by atoms with Gasteiger partial charge < -0.3 is 25.4 Å². The van der Waals surface area contributed by atoms with Crippen LogP contribution < -0.4 is 15.5 Å². The number of ether oxygens (including phenoxy) is 1. The SMILES string of the molecule is CCNC(=NCc1ccc(N2CC=CC2)cc1)NCC(C)(O)CN1CCOCC1. The summed E-state index contributed by atoms with van der Waals surface area (Å²) in [5, 5.41) is 17.3. The molecule has 2 aliphatic rings. The highest BCUT2D eigenvalue weighted by Gasteiger charge is 2.25. The largest absolute Gasteiger partial charge is 0.387 e. The Kier molecular flexibility index (Phi) is 7.91. The number of anilines is 1. The van der Waals surface area contributed by atoms with E-state index in [-0.39, 0.29) is 0 Å². The quantitative estimate of drug-likeness (QED) is 0.345. The van der Waals surface area contributed by atoms with Crippen molar-refractivity contribution in [3.63, 3.8) is 0 Å². The van der Waals surface area contributed by atoms with Crippen molar-refractivity contribution in [2.45, 2.75) is 26.0 Å². The molecule has 2 heterocycles. The number of benzene rings is 1. The van der Waals surface area contributed by atoms with Crippen LogP contribution in [0.3, 0.4) is 0 Å². The average Bonchev–Trinajstić information content (AvgIpc) is 3.26. The van der Waals surface area contributed by atoms with Gasteiger partial charge in [-0.25, -0.2) is 4.99 Å². The minimum Gasteiger partial charge on any atom is -0.387 e. The van der Waals surface area contributed by atoms with Crippen LogP contribution in [0.1, 0.15) is 19.4 Å². The standard InChI is InChI=1S/C22H35N5O2/c1-3-23-21(25-17-22(2,28)18-26-12-14-29-15-13-26)24-16-19-6-8-20(9-7-19)27-10-4-5-11-27/h4-9,28H,3,10-18H2,1-2H3,(H2,23,24,25). The third-order valence-corrected chi connectivity index (χ3v) is 5.19. The molecule has 1 atom stereocenters. The van der Waals surface area contributed by atoms with Crippen LogP contribution in [0.4, 0.5) is 5.69 Å². The molecule has 0 radical (unpaired) electrons. The molecule has 1 aromatic carbocycles. The Balaban J connectivity index is 1.50. The van der Waals surface area contributed by atoms with Gasteiger partial charge in [-0.15, -0.1) is 0 Å². The van der Waals surface area contributed by atoms with Crippen LogP contribution in [-0.2, 0) is 11.3 Å². The average molecular weight is 402 g/mol. The Morgan fingerprint density at radius 1 is 1.14 bits per heavy atom. The van der Waals surface area contributed by atoms with E-state index in [4.69, 9.17) is 4.74 Å². The maximum Gasteiger partial charge on any atom is 0.191 e. The number of hydrogen-bond acceptors (Lipinski definition) is 5. The summed E-state index contributed by atoms with van der Waals surface area (Å²) in [5.74, 6) is 0.725. The van der Waals surface area contributed by atoms with Crippen molar-refractivity contribution in [2.24, 2.45) is 4.99 Å². The van der Waals surface area contributed by atoms with Crippen LogP contribution in [0.2, 0.25) is 0 Å². The molecule has 1 unspecified atom stereocenters. The van der Waals surface area contributed by atoms with Gasteiger partial charge in [0.15, 0.2) is 5.96 Å². The monoisotopic (exact) mass is 401 g/mol. The minimum absolute atomic E-state index is 0.442. The number of β-amino-alcohol motifs (C(OH)–C–C–N with tert-alkyl or cyclic N) is 1. The van der Waals surface area contributed by atoms with Crippen LogP contribution in [0.15, 0.2) is 41.4 Å². The third-order valence-electron chi connectivity index (χ3n) is 5.19. The molecule has 2 aliphatic heterocycles. The van der Waals surface area contributed by atoms with E-state index in [0.29, 0.717) is 19.6 Å². The molecule has 3 rings (SSSR count). The van der Waals surface area contributed by atoms with Gasteiger partial charge in [-0.05, 0) is 31.5 Å². The highest BCUT2D eigenvalue weighted by molar-refractivity contribution is 5.79. The van der Waals surface area contributed by atoms with Crippen molar-refractivity contribution >= 4 is 11.6 Å². The fourth-order valence-electron chi connectivity index (χ4n) is 3.58. The smallest absolute Gasteiger partial charge is 0.191 e. The molecule has 1 aromatic rings. The van der Waals surface area contributed by atoms with Crippen LogP contribution in [0, 0.1) is 0 Å². The molecule has 29 heavy (non-hydrogen) atoms. The second-order valence-electron chi connectivity index (χ2n) is 7.98. The number of nitrogens with one attached hydrogen (secondary N) is 2. The molecule has 7 heteroatoms. The summed E-state index contributed by atoms with van der Waals surface area (Å²) < 4.78 is 5.38. The Bertz CT molecular complexity index is 673. The molecule has 160 valence electrons. The summed E-state index contributed by atoms with van der Waals surface area (Å²) in [6.45, 7) is 11.5. The summed E-state index contributed by atoms with van der Waals surface area (Å²) in [6, 6.07) is 8.58. The predicted octanol–water partition coefficient (Wildman–Crippen LogP) is 1.20. The van der Waals surface area contributed by atoms with Gasteiger partial charge in [-0.2, -0.15) is 0 Å². The molecular formula is C22H35N5O2. The number of morpholine rings is 1. The lowest BCUT2D eigenvalue weighted by molar-refractivity contribution is -0.0201. The van der Waals surface area contributed by atoms with Crippen molar-refractivity contribution in [1.82, 2.24) is 15.5 Å². The summed E-state index contributed by atoms with van der Waals surface area (Å²) in [6.07, 6.45) is 4.39. The van der Waals surface area contributed by atoms with E-state index in [1.807, 2.05) is 13.8 Å². The Hall–Kier alpha value is -2.09. The lowest BCUT2D eigenvalue weighted by Gasteiger charge is -2.34. The van der Waals surface area contributed by atoms with Crippen LogP contribution in [-0.4, -0.2) is 80.6 Å². The first kappa shape index (κ1) is 21.6. The summed E-state index contributed by atoms with van der Waals surface area (Å²) in [4.78, 5) is 9.26. The van der Waals surface area contributed by atoms with E-state index in [1.165, 1.54) is 5.69 Å². The molecule has 3 N–H and O–H groups in total. The highest BCUT2D eigenvalue weighted by atomic mass is 16.5. The zero-order valence-electron chi connectivity index (χ0n) is 17.7. The lowest BCUT2D eigenvalue weighted by Crippen LogP contribution is -2.52. The van der Waals surface area contributed by atoms with Gasteiger partial charge in [0.1, 0.15) is 0 Å². The van der Waals surface area contributed by atoms with Crippen molar-refractivity contribution < 1.29 is 9.84 Å². The van der Waals surface area contributed by atoms with Crippen molar-refractivity contribution in [3.8, 4) is 0 Å². The van der Waals surface area contributed by atoms with Crippen LogP contribution in [0.25, 0.3) is 0 Å². The molecule has 7 nitrogen and oxygen atoms in total. The van der Waals surface area contributed by atoms with Gasteiger partial charge >= 0.3 is 0 Å². The van der Waals surface area contributed by atoms with E-state index >= 15 is 0 Å². The van der Waals surface area contributed by atoms with Crippen LogP contribution in [0.5, 0.6) is 0 Å². The normalized spacial score (nSPS) is 20.0. The van der Waals surface area contributed by atoms with Crippen molar-refractivity contribution in [1.29, 1.82) is 0 Å². The van der Waals surface area contributed by atoms with Gasteiger partial charge in [0.25, 0.3) is 0 Å². The summed E-state index contributed by atoms with van der Waals surface area (Å²) in [7, 11) is 0. The lowest BCUT2D eigenvalue weighted by atomic mass is 10.1. The fourth-order valence-corrected chi connectivity index (χ4v) is 3.58. The second-order valence-corrected chi connectivity index (χ2v) is 7.98. The third kappa shape index (κ3) is 7.03. The zero-order chi connectivity index (χ0) is 20.5. The number of aliphatic imine (C=N–C) groups is 1. The number of guanidine groups is 1. The molecule has 0 spiro atoms. The maximum atomic E-state index is 10.8. The number of aliphatic hydroxyl groups is 1. The van der Waals surface area contributed by atoms with Crippen molar-refractivity contribution in [3.05, 3.63) is 42.0 Å². The molecule has 0 saturated carbocycles. The van der Waals surface area contributed by atoms with Gasteiger partial charge in [0.2, 0.25) is 0 Å². The van der Waals surface area contributed by atoms with E-state index < -0.39 is 5.60 Å². The molecule has 0 amide bonds. The van der Waals surface area contributed by atoms with E-state index in [0.717, 1.165) is 57.5 Å². The van der Waals surface area contributed by atoms with Gasteiger partial charge in [0.05, 0.1) is 25.4 Å². The fraction of sp³-hybridized carbons (Fsp3) is 0.591. The Labute approximate surface area is 174 Å². The Morgan fingerprint density at radius 2 is 1.83 bits per heavy atom. The zero-order valence-corrected chi connectivity index (χ0v) is 17.7. The second kappa shape index (κ2) is 10.6. The molecule has 1 fully saturated rings. The van der Waals surface area contributed by atoms with Gasteiger partial charge in [-0.3, -0.25) is 4.90 Å². The molecule has 0 aromatic heterocycles.